The molecule has 0 aromatic heterocycles. The van der Waals surface area contributed by atoms with Gasteiger partial charge in [-0.25, -0.2) is 0 Å². The van der Waals surface area contributed by atoms with Gasteiger partial charge in [0.2, 0.25) is 0 Å². The van der Waals surface area contributed by atoms with Gasteiger partial charge in [-0.15, -0.1) is 0 Å². The van der Waals surface area contributed by atoms with Crippen molar-refractivity contribution in [3.8, 4) is 0 Å². The first-order valence-corrected chi connectivity index (χ1v) is 7.69. The molecule has 0 saturated carbocycles. The van der Waals surface area contributed by atoms with Gasteiger partial charge in [0.1, 0.15) is 11.5 Å². The molecule has 1 heterocycles. The molecule has 2 aromatic rings. The van der Waals surface area contributed by atoms with Crippen LogP contribution in [0.2, 0.25) is 0 Å². The molecular weight excluding hydrogens is 292 g/mol. The summed E-state index contributed by atoms with van der Waals surface area (Å²) in [5, 5.41) is 0. The summed E-state index contributed by atoms with van der Waals surface area (Å²) in [4.78, 5) is 24.9. The monoisotopic (exact) mass is 306 g/mol. The zero-order chi connectivity index (χ0) is 15.8. The van der Waals surface area contributed by atoms with Crippen LogP contribution in [0, 0.1) is 11.8 Å². The molecule has 6 rings (SSSR count). The molecule has 0 spiro atoms. The van der Waals surface area contributed by atoms with Gasteiger partial charge >= 0.3 is 11.9 Å². The maximum absolute atomic E-state index is 12.5. The van der Waals surface area contributed by atoms with Crippen LogP contribution in [-0.4, -0.2) is 19.0 Å². The first-order valence-electron chi connectivity index (χ1n) is 7.69. The topological polar surface area (TPSA) is 52.6 Å². The van der Waals surface area contributed by atoms with E-state index in [4.69, 9.17) is 9.47 Å². The van der Waals surface area contributed by atoms with E-state index in [0.29, 0.717) is 0 Å². The van der Waals surface area contributed by atoms with Gasteiger partial charge in [-0.1, -0.05) is 48.5 Å². The van der Waals surface area contributed by atoms with E-state index in [1.807, 2.05) is 48.5 Å². The lowest BCUT2D eigenvalue weighted by Crippen LogP contribution is -2.54. The molecule has 4 aliphatic rings. The lowest BCUT2D eigenvalue weighted by molar-refractivity contribution is -0.156. The van der Waals surface area contributed by atoms with Gasteiger partial charge in [0.25, 0.3) is 0 Å². The zero-order valence-electron chi connectivity index (χ0n) is 12.5. The highest BCUT2D eigenvalue weighted by molar-refractivity contribution is 6.00. The van der Waals surface area contributed by atoms with E-state index in [0.717, 1.165) is 22.3 Å². The third-order valence-electron chi connectivity index (χ3n) is 5.60. The highest BCUT2D eigenvalue weighted by Gasteiger charge is 2.68. The van der Waals surface area contributed by atoms with Gasteiger partial charge < -0.3 is 9.47 Å². The van der Waals surface area contributed by atoms with Crippen LogP contribution in [0.1, 0.15) is 28.2 Å². The summed E-state index contributed by atoms with van der Waals surface area (Å²) >= 11 is 0. The molecule has 1 aliphatic heterocycles. The van der Waals surface area contributed by atoms with Crippen LogP contribution in [0.15, 0.2) is 48.5 Å². The van der Waals surface area contributed by atoms with E-state index >= 15 is 0 Å². The van der Waals surface area contributed by atoms with E-state index in [9.17, 15) is 9.59 Å². The molecule has 0 amide bonds. The SMILES string of the molecule is COC12c3ccccc3C(c3ccccc31)[C@H]1C(=O)OC(=O)[C@H]12. The molecule has 4 heteroatoms. The normalized spacial score (nSPS) is 33.0. The third-order valence-corrected chi connectivity index (χ3v) is 5.60. The number of esters is 2. The number of methoxy groups -OCH3 is 1. The molecule has 2 atom stereocenters. The zero-order valence-corrected chi connectivity index (χ0v) is 12.5. The summed E-state index contributed by atoms with van der Waals surface area (Å²) in [6, 6.07) is 15.8. The van der Waals surface area contributed by atoms with Gasteiger partial charge in [0.05, 0.1) is 5.92 Å². The van der Waals surface area contributed by atoms with Crippen molar-refractivity contribution in [2.75, 3.05) is 7.11 Å². The van der Waals surface area contributed by atoms with Crippen LogP contribution < -0.4 is 0 Å². The number of rotatable bonds is 1. The third kappa shape index (κ3) is 1.28. The molecule has 1 fully saturated rings. The van der Waals surface area contributed by atoms with E-state index < -0.39 is 29.4 Å². The fraction of sp³-hybridized carbons (Fsp3) is 0.263. The molecule has 23 heavy (non-hydrogen) atoms. The standard InChI is InChI=1S/C19H14O4/c1-22-19-12-8-4-2-6-10(12)14(11-7-3-5-9-13(11)19)15-16(19)18(21)23-17(15)20/h2-9,14-16H,1H3/t14?,15-,16+,19?/m1/s1. The van der Waals surface area contributed by atoms with Gasteiger partial charge in [-0.3, -0.25) is 9.59 Å². The number of carbonyl (C=O) groups is 2. The Hall–Kier alpha value is -2.46. The predicted octanol–water partition coefficient (Wildman–Crippen LogP) is 2.35. The Labute approximate surface area is 133 Å². The Bertz CT molecular complexity index is 822. The fourth-order valence-corrected chi connectivity index (χ4v) is 4.86. The number of hydrogen-bond acceptors (Lipinski definition) is 4. The van der Waals surface area contributed by atoms with Crippen LogP contribution in [0.5, 0.6) is 0 Å². The molecular formula is C19H14O4. The molecule has 114 valence electrons. The van der Waals surface area contributed by atoms with Gasteiger partial charge in [0, 0.05) is 13.0 Å². The van der Waals surface area contributed by atoms with Gasteiger partial charge in [-0.2, -0.15) is 0 Å². The first-order chi connectivity index (χ1) is 11.2. The van der Waals surface area contributed by atoms with Crippen LogP contribution in [0.25, 0.3) is 0 Å². The predicted molar refractivity (Wildman–Crippen MR) is 80.6 cm³/mol. The molecule has 4 nitrogen and oxygen atoms in total. The highest BCUT2D eigenvalue weighted by Crippen LogP contribution is 2.63. The van der Waals surface area contributed by atoms with Crippen LogP contribution in [-0.2, 0) is 24.7 Å². The Balaban J connectivity index is 1.95. The minimum atomic E-state index is -0.949. The lowest BCUT2D eigenvalue weighted by atomic mass is 9.52. The largest absolute Gasteiger partial charge is 0.393 e. The van der Waals surface area contributed by atoms with E-state index in [-0.39, 0.29) is 5.92 Å². The van der Waals surface area contributed by atoms with Crippen molar-refractivity contribution in [1.82, 2.24) is 0 Å². The van der Waals surface area contributed by atoms with E-state index in [2.05, 4.69) is 0 Å². The Kier molecular flexibility index (Phi) is 2.31. The van der Waals surface area contributed by atoms with Crippen LogP contribution in [0.3, 0.4) is 0 Å². The number of carbonyl (C=O) groups excluding carboxylic acids is 2. The van der Waals surface area contributed by atoms with Crippen molar-refractivity contribution < 1.29 is 19.1 Å². The Morgan fingerprint density at radius 2 is 1.48 bits per heavy atom. The maximum atomic E-state index is 12.5. The second kappa shape index (κ2) is 4.09. The Morgan fingerprint density at radius 3 is 2.04 bits per heavy atom. The van der Waals surface area contributed by atoms with Gasteiger partial charge in [0.15, 0.2) is 0 Å². The molecule has 1 saturated heterocycles. The summed E-state index contributed by atoms with van der Waals surface area (Å²) in [7, 11) is 1.60. The lowest BCUT2D eigenvalue weighted by Gasteiger charge is -2.52. The smallest absolute Gasteiger partial charge is 0.321 e. The maximum Gasteiger partial charge on any atom is 0.321 e. The van der Waals surface area contributed by atoms with Crippen molar-refractivity contribution in [2.45, 2.75) is 11.5 Å². The quantitative estimate of drug-likeness (QED) is 0.599. The van der Waals surface area contributed by atoms with Crippen molar-refractivity contribution in [3.05, 3.63) is 70.8 Å². The second-order valence-electron chi connectivity index (χ2n) is 6.34. The van der Waals surface area contributed by atoms with E-state index in [1.54, 1.807) is 7.11 Å². The molecule has 3 aliphatic carbocycles. The minimum Gasteiger partial charge on any atom is -0.393 e. The van der Waals surface area contributed by atoms with Crippen LogP contribution in [0.4, 0.5) is 0 Å². The summed E-state index contributed by atoms with van der Waals surface area (Å²) in [6.45, 7) is 0. The number of cyclic esters (lactones) is 2. The molecule has 2 bridgehead atoms. The van der Waals surface area contributed by atoms with Crippen molar-refractivity contribution in [3.63, 3.8) is 0 Å². The average Bonchev–Trinajstić information content (AvgIpc) is 2.90. The number of hydrogen-bond donors (Lipinski definition) is 0. The van der Waals surface area contributed by atoms with Crippen molar-refractivity contribution in [1.29, 1.82) is 0 Å². The highest BCUT2D eigenvalue weighted by atomic mass is 16.6. The minimum absolute atomic E-state index is 0.150. The summed E-state index contributed by atoms with van der Waals surface area (Å²) in [6.07, 6.45) is 0. The van der Waals surface area contributed by atoms with E-state index in [1.165, 1.54) is 0 Å². The van der Waals surface area contributed by atoms with Crippen molar-refractivity contribution >= 4 is 11.9 Å². The average molecular weight is 306 g/mol. The van der Waals surface area contributed by atoms with Crippen LogP contribution >= 0.6 is 0 Å². The summed E-state index contributed by atoms with van der Waals surface area (Å²) in [5.74, 6) is -2.18. The molecule has 0 N–H and O–H groups in total. The van der Waals surface area contributed by atoms with Crippen molar-refractivity contribution in [2.24, 2.45) is 11.8 Å². The number of ether oxygens (including phenoxy) is 2. The Morgan fingerprint density at radius 1 is 0.913 bits per heavy atom. The summed E-state index contributed by atoms with van der Waals surface area (Å²) in [5.41, 5.74) is 3.11. The fourth-order valence-electron chi connectivity index (χ4n) is 4.86. The molecule has 2 aromatic carbocycles. The summed E-state index contributed by atoms with van der Waals surface area (Å²) < 4.78 is 11.0. The number of benzene rings is 2. The van der Waals surface area contributed by atoms with Gasteiger partial charge in [-0.05, 0) is 22.3 Å². The molecule has 0 radical (unpaired) electrons. The second-order valence-corrected chi connectivity index (χ2v) is 6.34. The first kappa shape index (κ1) is 13.0. The molecule has 0 unspecified atom stereocenters.